The number of hydrogen-bond donors (Lipinski definition) is 1. The van der Waals surface area contributed by atoms with E-state index in [-0.39, 0.29) is 11.5 Å². The second-order valence-corrected chi connectivity index (χ2v) is 5.24. The summed E-state index contributed by atoms with van der Waals surface area (Å²) in [6.45, 7) is 6.03. The Morgan fingerprint density at radius 1 is 1.58 bits per heavy atom. The van der Waals surface area contributed by atoms with Crippen LogP contribution >= 0.6 is 0 Å². The number of rotatable bonds is 4. The van der Waals surface area contributed by atoms with Crippen molar-refractivity contribution < 1.29 is 18.7 Å². The van der Waals surface area contributed by atoms with Gasteiger partial charge in [-0.05, 0) is 32.8 Å². The van der Waals surface area contributed by atoms with E-state index in [1.54, 1.807) is 13.0 Å². The van der Waals surface area contributed by atoms with Crippen molar-refractivity contribution in [2.24, 2.45) is 0 Å². The van der Waals surface area contributed by atoms with Crippen LogP contribution in [0.3, 0.4) is 0 Å². The van der Waals surface area contributed by atoms with Gasteiger partial charge in [0.2, 0.25) is 0 Å². The Morgan fingerprint density at radius 2 is 2.37 bits per heavy atom. The number of ether oxygens (including phenoxy) is 2. The molecular formula is C14H21NO4. The molecule has 1 aliphatic heterocycles. The molecule has 0 aromatic carbocycles. The van der Waals surface area contributed by atoms with Crippen LogP contribution in [0.5, 0.6) is 0 Å². The number of carbonyl (C=O) groups is 1. The molecule has 5 nitrogen and oxygen atoms in total. The SMILES string of the molecule is COC(=O)c1cc(CNC2(C)CCCOC2)oc1C. The maximum Gasteiger partial charge on any atom is 0.341 e. The van der Waals surface area contributed by atoms with E-state index in [0.29, 0.717) is 24.5 Å². The van der Waals surface area contributed by atoms with E-state index in [9.17, 15) is 4.79 Å². The van der Waals surface area contributed by atoms with E-state index in [2.05, 4.69) is 12.2 Å². The molecule has 19 heavy (non-hydrogen) atoms. The second kappa shape index (κ2) is 5.75. The molecule has 0 radical (unpaired) electrons. The maximum atomic E-state index is 11.5. The first kappa shape index (κ1) is 14.1. The summed E-state index contributed by atoms with van der Waals surface area (Å²) in [5, 5.41) is 3.44. The molecule has 1 aromatic rings. The fourth-order valence-corrected chi connectivity index (χ4v) is 2.32. The van der Waals surface area contributed by atoms with Crippen molar-refractivity contribution in [3.8, 4) is 0 Å². The molecule has 1 aromatic heterocycles. The lowest BCUT2D eigenvalue weighted by Crippen LogP contribution is -2.48. The third-order valence-electron chi connectivity index (χ3n) is 3.50. The standard InChI is InChI=1S/C14H21NO4/c1-10-12(13(16)17-3)7-11(19-10)8-15-14(2)5-4-6-18-9-14/h7,15H,4-6,8-9H2,1-3H3. The minimum Gasteiger partial charge on any atom is -0.465 e. The Labute approximate surface area is 113 Å². The summed E-state index contributed by atoms with van der Waals surface area (Å²) in [7, 11) is 1.37. The van der Waals surface area contributed by atoms with Crippen LogP contribution in [-0.4, -0.2) is 31.8 Å². The van der Waals surface area contributed by atoms with Crippen LogP contribution in [0.25, 0.3) is 0 Å². The average molecular weight is 267 g/mol. The summed E-state index contributed by atoms with van der Waals surface area (Å²) in [5.74, 6) is 0.970. The molecule has 1 fully saturated rings. The van der Waals surface area contributed by atoms with E-state index < -0.39 is 0 Å². The second-order valence-electron chi connectivity index (χ2n) is 5.24. The molecule has 2 rings (SSSR count). The monoisotopic (exact) mass is 267 g/mol. The van der Waals surface area contributed by atoms with Gasteiger partial charge in [0.25, 0.3) is 0 Å². The van der Waals surface area contributed by atoms with Crippen LogP contribution in [0.1, 0.15) is 41.6 Å². The molecule has 2 heterocycles. The number of methoxy groups -OCH3 is 1. The van der Waals surface area contributed by atoms with E-state index in [1.807, 2.05) is 0 Å². The minimum absolute atomic E-state index is 0.0234. The van der Waals surface area contributed by atoms with Crippen molar-refractivity contribution in [3.05, 3.63) is 23.2 Å². The Balaban J connectivity index is 1.98. The highest BCUT2D eigenvalue weighted by molar-refractivity contribution is 5.90. The van der Waals surface area contributed by atoms with Crippen molar-refractivity contribution in [1.29, 1.82) is 0 Å². The lowest BCUT2D eigenvalue weighted by Gasteiger charge is -2.34. The third-order valence-corrected chi connectivity index (χ3v) is 3.50. The zero-order chi connectivity index (χ0) is 13.9. The van der Waals surface area contributed by atoms with Gasteiger partial charge in [-0.15, -0.1) is 0 Å². The van der Waals surface area contributed by atoms with Gasteiger partial charge in [0.05, 0.1) is 20.3 Å². The molecule has 106 valence electrons. The number of aryl methyl sites for hydroxylation is 1. The molecule has 1 unspecified atom stereocenters. The van der Waals surface area contributed by atoms with E-state index in [0.717, 1.165) is 25.2 Å². The van der Waals surface area contributed by atoms with Gasteiger partial charge in [-0.1, -0.05) is 0 Å². The van der Waals surface area contributed by atoms with Gasteiger partial charge in [0.1, 0.15) is 17.1 Å². The molecule has 0 aliphatic carbocycles. The molecule has 0 spiro atoms. The molecular weight excluding hydrogens is 246 g/mol. The van der Waals surface area contributed by atoms with Gasteiger partial charge < -0.3 is 19.2 Å². The molecule has 1 aliphatic rings. The minimum atomic E-state index is -0.361. The van der Waals surface area contributed by atoms with Crippen LogP contribution in [0.4, 0.5) is 0 Å². The summed E-state index contributed by atoms with van der Waals surface area (Å²) >= 11 is 0. The fraction of sp³-hybridized carbons (Fsp3) is 0.643. The summed E-state index contributed by atoms with van der Waals surface area (Å²) in [5.41, 5.74) is 0.467. The molecule has 1 N–H and O–H groups in total. The highest BCUT2D eigenvalue weighted by Crippen LogP contribution is 2.20. The van der Waals surface area contributed by atoms with Crippen LogP contribution in [0.15, 0.2) is 10.5 Å². The van der Waals surface area contributed by atoms with E-state index in [4.69, 9.17) is 13.9 Å². The summed E-state index contributed by atoms with van der Waals surface area (Å²) in [4.78, 5) is 11.5. The Morgan fingerprint density at radius 3 is 3.00 bits per heavy atom. The topological polar surface area (TPSA) is 60.7 Å². The maximum absolute atomic E-state index is 11.5. The Hall–Kier alpha value is -1.33. The quantitative estimate of drug-likeness (QED) is 0.846. The van der Waals surface area contributed by atoms with Crippen molar-refractivity contribution in [1.82, 2.24) is 5.32 Å². The zero-order valence-corrected chi connectivity index (χ0v) is 11.7. The molecule has 0 bridgehead atoms. The van der Waals surface area contributed by atoms with Crippen molar-refractivity contribution in [2.45, 2.75) is 38.8 Å². The summed E-state index contributed by atoms with van der Waals surface area (Å²) in [6.07, 6.45) is 2.14. The molecule has 1 atom stereocenters. The largest absolute Gasteiger partial charge is 0.465 e. The van der Waals surface area contributed by atoms with Gasteiger partial charge in [0, 0.05) is 12.1 Å². The summed E-state index contributed by atoms with van der Waals surface area (Å²) < 4.78 is 15.8. The molecule has 1 saturated heterocycles. The highest BCUT2D eigenvalue weighted by atomic mass is 16.5. The van der Waals surface area contributed by atoms with Crippen LogP contribution in [0, 0.1) is 6.92 Å². The Kier molecular flexibility index (Phi) is 4.27. The van der Waals surface area contributed by atoms with E-state index >= 15 is 0 Å². The fourth-order valence-electron chi connectivity index (χ4n) is 2.32. The normalized spacial score (nSPS) is 23.3. The highest BCUT2D eigenvalue weighted by Gasteiger charge is 2.27. The van der Waals surface area contributed by atoms with Gasteiger partial charge in [-0.25, -0.2) is 4.79 Å². The van der Waals surface area contributed by atoms with Crippen LogP contribution < -0.4 is 5.32 Å². The smallest absolute Gasteiger partial charge is 0.341 e. The number of esters is 1. The first-order chi connectivity index (χ1) is 9.04. The molecule has 0 saturated carbocycles. The first-order valence-corrected chi connectivity index (χ1v) is 6.54. The number of nitrogens with one attached hydrogen (secondary N) is 1. The van der Waals surface area contributed by atoms with Crippen LogP contribution in [-0.2, 0) is 16.0 Å². The third kappa shape index (κ3) is 3.36. The molecule has 5 heteroatoms. The zero-order valence-electron chi connectivity index (χ0n) is 11.7. The van der Waals surface area contributed by atoms with E-state index in [1.165, 1.54) is 7.11 Å². The molecule has 0 amide bonds. The summed E-state index contributed by atoms with van der Waals surface area (Å²) in [6, 6.07) is 1.74. The van der Waals surface area contributed by atoms with Crippen molar-refractivity contribution in [3.63, 3.8) is 0 Å². The lowest BCUT2D eigenvalue weighted by molar-refractivity contribution is 0.0270. The Bertz CT molecular complexity index is 446. The predicted octanol–water partition coefficient (Wildman–Crippen LogP) is 2.03. The van der Waals surface area contributed by atoms with Gasteiger partial charge >= 0.3 is 5.97 Å². The van der Waals surface area contributed by atoms with Gasteiger partial charge in [-0.3, -0.25) is 0 Å². The van der Waals surface area contributed by atoms with Crippen molar-refractivity contribution >= 4 is 5.97 Å². The first-order valence-electron chi connectivity index (χ1n) is 6.54. The van der Waals surface area contributed by atoms with Gasteiger partial charge in [-0.2, -0.15) is 0 Å². The average Bonchev–Trinajstić information content (AvgIpc) is 2.78. The van der Waals surface area contributed by atoms with Crippen LogP contribution in [0.2, 0.25) is 0 Å². The van der Waals surface area contributed by atoms with Gasteiger partial charge in [0.15, 0.2) is 0 Å². The number of carbonyl (C=O) groups excluding carboxylic acids is 1. The predicted molar refractivity (Wildman–Crippen MR) is 70.1 cm³/mol. The van der Waals surface area contributed by atoms with Crippen molar-refractivity contribution in [2.75, 3.05) is 20.3 Å². The number of hydrogen-bond acceptors (Lipinski definition) is 5. The lowest BCUT2D eigenvalue weighted by atomic mass is 9.95. The number of furan rings is 1.